The number of anilines is 1. The summed E-state index contributed by atoms with van der Waals surface area (Å²) in [5, 5.41) is 2.49. The number of halogens is 4. The molecule has 7 heteroatoms. The van der Waals surface area contributed by atoms with E-state index >= 15 is 0 Å². The maximum atomic E-state index is 14.2. The van der Waals surface area contributed by atoms with Crippen molar-refractivity contribution in [2.45, 2.75) is 38.9 Å². The van der Waals surface area contributed by atoms with Crippen LogP contribution < -0.4 is 5.32 Å². The molecular weight excluding hydrogens is 372 g/mol. The minimum atomic E-state index is -4.61. The van der Waals surface area contributed by atoms with Gasteiger partial charge in [0, 0.05) is 11.3 Å². The van der Waals surface area contributed by atoms with Crippen LogP contribution in [-0.2, 0) is 5.54 Å². The second-order valence-electron chi connectivity index (χ2n) is 8.29. The van der Waals surface area contributed by atoms with Crippen LogP contribution in [0.15, 0.2) is 48.5 Å². The molecule has 0 bridgehead atoms. The number of carbonyl (C=O) groups is 1. The summed E-state index contributed by atoms with van der Waals surface area (Å²) in [4.78, 5) is 13.6. The molecule has 0 radical (unpaired) electrons. The molecule has 0 saturated carbocycles. The second-order valence-corrected chi connectivity index (χ2v) is 8.29. The molecule has 0 aromatic heterocycles. The lowest BCUT2D eigenvalue weighted by Gasteiger charge is -2.51. The number of alkyl halides is 3. The Morgan fingerprint density at radius 2 is 1.68 bits per heavy atom. The Hall–Kier alpha value is -2.57. The van der Waals surface area contributed by atoms with Gasteiger partial charge in [0.2, 0.25) is 0 Å². The molecule has 2 amide bonds. The highest BCUT2D eigenvalue weighted by atomic mass is 19.4. The van der Waals surface area contributed by atoms with Crippen LogP contribution in [0.2, 0.25) is 0 Å². The van der Waals surface area contributed by atoms with Crippen molar-refractivity contribution in [1.29, 1.82) is 0 Å². The van der Waals surface area contributed by atoms with Gasteiger partial charge in [0.05, 0.1) is 5.54 Å². The maximum absolute atomic E-state index is 14.2. The molecule has 150 valence electrons. The minimum Gasteiger partial charge on any atom is -0.307 e. The fourth-order valence-electron chi connectivity index (χ4n) is 3.94. The molecule has 0 fully saturated rings. The summed E-state index contributed by atoms with van der Waals surface area (Å²) in [6, 6.07) is 11.5. The van der Waals surface area contributed by atoms with Gasteiger partial charge in [-0.25, -0.2) is 9.18 Å². The Morgan fingerprint density at radius 1 is 1.04 bits per heavy atom. The van der Waals surface area contributed by atoms with E-state index in [4.69, 9.17) is 0 Å². The summed E-state index contributed by atoms with van der Waals surface area (Å²) in [7, 11) is 0. The zero-order valence-electron chi connectivity index (χ0n) is 15.9. The highest BCUT2D eigenvalue weighted by molar-refractivity contribution is 5.94. The molecule has 1 aliphatic heterocycles. The first-order valence-corrected chi connectivity index (χ1v) is 8.93. The van der Waals surface area contributed by atoms with Crippen molar-refractivity contribution in [2.24, 2.45) is 5.41 Å². The van der Waals surface area contributed by atoms with Crippen LogP contribution in [0.25, 0.3) is 0 Å². The lowest BCUT2D eigenvalue weighted by atomic mass is 9.69. The van der Waals surface area contributed by atoms with Gasteiger partial charge in [-0.1, -0.05) is 51.1 Å². The number of rotatable bonds is 3. The van der Waals surface area contributed by atoms with E-state index in [0.29, 0.717) is 16.8 Å². The topological polar surface area (TPSA) is 32.3 Å². The largest absolute Gasteiger partial charge is 0.406 e. The van der Waals surface area contributed by atoms with E-state index in [0.717, 1.165) is 4.90 Å². The lowest BCUT2D eigenvalue weighted by molar-refractivity contribution is -0.150. The molecule has 1 heterocycles. The Labute approximate surface area is 161 Å². The maximum Gasteiger partial charge on any atom is 0.406 e. The van der Waals surface area contributed by atoms with E-state index < -0.39 is 35.5 Å². The van der Waals surface area contributed by atoms with E-state index in [9.17, 15) is 22.4 Å². The van der Waals surface area contributed by atoms with Crippen LogP contribution in [0.5, 0.6) is 0 Å². The molecule has 0 aliphatic carbocycles. The average molecular weight is 394 g/mol. The van der Waals surface area contributed by atoms with Gasteiger partial charge in [0.1, 0.15) is 12.4 Å². The van der Waals surface area contributed by atoms with Gasteiger partial charge in [0.15, 0.2) is 0 Å². The highest BCUT2D eigenvalue weighted by Crippen LogP contribution is 2.50. The Balaban J connectivity index is 2.37. The first-order valence-electron chi connectivity index (χ1n) is 8.93. The van der Waals surface area contributed by atoms with Gasteiger partial charge >= 0.3 is 12.2 Å². The van der Waals surface area contributed by atoms with E-state index in [-0.39, 0.29) is 6.42 Å². The third-order valence-corrected chi connectivity index (χ3v) is 4.75. The molecule has 0 saturated heterocycles. The van der Waals surface area contributed by atoms with E-state index in [1.165, 1.54) is 18.2 Å². The van der Waals surface area contributed by atoms with Crippen molar-refractivity contribution in [3.05, 3.63) is 65.5 Å². The van der Waals surface area contributed by atoms with Gasteiger partial charge < -0.3 is 10.2 Å². The molecule has 1 aliphatic rings. The van der Waals surface area contributed by atoms with Crippen molar-refractivity contribution in [2.75, 3.05) is 11.9 Å². The number of fused-ring (bicyclic) bond motifs is 1. The number of carbonyl (C=O) groups excluding carboxylic acids is 1. The van der Waals surface area contributed by atoms with Crippen molar-refractivity contribution in [3.63, 3.8) is 0 Å². The van der Waals surface area contributed by atoms with Crippen molar-refractivity contribution in [3.8, 4) is 0 Å². The van der Waals surface area contributed by atoms with Crippen LogP contribution in [0.4, 0.5) is 28.0 Å². The van der Waals surface area contributed by atoms with Crippen LogP contribution in [0, 0.1) is 11.2 Å². The van der Waals surface area contributed by atoms with Crippen LogP contribution in [0.3, 0.4) is 0 Å². The van der Waals surface area contributed by atoms with Gasteiger partial charge in [0.25, 0.3) is 0 Å². The van der Waals surface area contributed by atoms with Crippen molar-refractivity contribution >= 4 is 11.7 Å². The van der Waals surface area contributed by atoms with Crippen molar-refractivity contribution < 1.29 is 22.4 Å². The zero-order valence-corrected chi connectivity index (χ0v) is 15.9. The molecular formula is C21H22F4N2O. The molecule has 28 heavy (non-hydrogen) atoms. The zero-order chi connectivity index (χ0) is 20.7. The molecule has 3 rings (SSSR count). The van der Waals surface area contributed by atoms with Gasteiger partial charge in [-0.2, -0.15) is 13.2 Å². The Morgan fingerprint density at radius 3 is 2.25 bits per heavy atom. The summed E-state index contributed by atoms with van der Waals surface area (Å²) in [5.74, 6) is -0.573. The summed E-state index contributed by atoms with van der Waals surface area (Å²) in [5.41, 5.74) is -0.776. The van der Waals surface area contributed by atoms with Gasteiger partial charge in [-0.05, 0) is 35.6 Å². The van der Waals surface area contributed by atoms with E-state index in [1.54, 1.807) is 30.3 Å². The smallest absolute Gasteiger partial charge is 0.307 e. The standard InChI is InChI=1S/C21H22F4N2O/c1-19(2,3)12-20(14-7-5-4-6-8-14)16-11-15(22)9-10-17(16)26-18(28)27(20)13-21(23,24)25/h4-11H,12-13H2,1-3H3,(H,26,28). The highest BCUT2D eigenvalue weighted by Gasteiger charge is 2.52. The first-order chi connectivity index (χ1) is 12.9. The molecule has 1 atom stereocenters. The van der Waals surface area contributed by atoms with Gasteiger partial charge in [-0.15, -0.1) is 0 Å². The predicted octanol–water partition coefficient (Wildman–Crippen LogP) is 5.92. The normalized spacial score (nSPS) is 20.0. The van der Waals surface area contributed by atoms with Crippen molar-refractivity contribution in [1.82, 2.24) is 4.90 Å². The minimum absolute atomic E-state index is 0.184. The number of hydrogen-bond acceptors (Lipinski definition) is 1. The quantitative estimate of drug-likeness (QED) is 0.645. The summed E-state index contributed by atoms with van der Waals surface area (Å²) >= 11 is 0. The molecule has 1 unspecified atom stereocenters. The van der Waals surface area contributed by atoms with Gasteiger partial charge in [-0.3, -0.25) is 0 Å². The number of nitrogens with one attached hydrogen (secondary N) is 1. The third-order valence-electron chi connectivity index (χ3n) is 4.75. The predicted molar refractivity (Wildman–Crippen MR) is 99.5 cm³/mol. The summed E-state index contributed by atoms with van der Waals surface area (Å²) < 4.78 is 54.6. The number of amides is 2. The summed E-state index contributed by atoms with van der Waals surface area (Å²) in [6.07, 6.45) is -4.43. The molecule has 0 spiro atoms. The molecule has 1 N–H and O–H groups in total. The SMILES string of the molecule is CC(C)(C)CC1(c2ccccc2)c2cc(F)ccc2NC(=O)N1CC(F)(F)F. The first kappa shape index (κ1) is 20.2. The third kappa shape index (κ3) is 3.84. The monoisotopic (exact) mass is 394 g/mol. The van der Waals surface area contributed by atoms with E-state index in [2.05, 4.69) is 5.32 Å². The average Bonchev–Trinajstić information content (AvgIpc) is 2.57. The number of urea groups is 1. The molecule has 3 nitrogen and oxygen atoms in total. The molecule has 2 aromatic rings. The Bertz CT molecular complexity index is 874. The fraction of sp³-hybridized carbons (Fsp3) is 0.381. The van der Waals surface area contributed by atoms with Crippen LogP contribution in [-0.4, -0.2) is 23.7 Å². The van der Waals surface area contributed by atoms with Crippen LogP contribution in [0.1, 0.15) is 38.3 Å². The number of hydrogen-bond donors (Lipinski definition) is 1. The summed E-state index contributed by atoms with van der Waals surface area (Å²) in [6.45, 7) is 4.21. The van der Waals surface area contributed by atoms with Crippen LogP contribution >= 0.6 is 0 Å². The Kier molecular flexibility index (Phi) is 4.89. The lowest BCUT2D eigenvalue weighted by Crippen LogP contribution is -2.59. The number of benzene rings is 2. The second kappa shape index (κ2) is 6.79. The number of nitrogens with zero attached hydrogens (tertiary/aromatic N) is 1. The van der Waals surface area contributed by atoms with E-state index in [1.807, 2.05) is 20.8 Å². The fourth-order valence-corrected chi connectivity index (χ4v) is 3.94. The molecule has 2 aromatic carbocycles.